The maximum atomic E-state index is 4.66. The average Bonchev–Trinajstić information content (AvgIpc) is 3.10. The first-order chi connectivity index (χ1) is 11.3. The number of benzene rings is 1. The Morgan fingerprint density at radius 3 is 2.65 bits per heavy atom. The Morgan fingerprint density at radius 1 is 1.09 bits per heavy atom. The molecule has 0 N–H and O–H groups in total. The van der Waals surface area contributed by atoms with E-state index in [9.17, 15) is 0 Å². The Balaban J connectivity index is 1.79. The smallest absolute Gasteiger partial charge is 0.254 e. The van der Waals surface area contributed by atoms with Gasteiger partial charge in [0.2, 0.25) is 0 Å². The van der Waals surface area contributed by atoms with E-state index in [-0.39, 0.29) is 0 Å². The Kier molecular flexibility index (Phi) is 3.69. The molecular weight excluding hydrogens is 286 g/mol. The van der Waals surface area contributed by atoms with Crippen LogP contribution in [0.25, 0.3) is 17.0 Å². The van der Waals surface area contributed by atoms with Crippen molar-refractivity contribution in [1.82, 2.24) is 19.6 Å². The van der Waals surface area contributed by atoms with Crippen LogP contribution >= 0.6 is 0 Å². The van der Waals surface area contributed by atoms with Gasteiger partial charge >= 0.3 is 0 Å². The summed E-state index contributed by atoms with van der Waals surface area (Å²) in [5, 5.41) is 4.37. The molecule has 0 atom stereocenters. The Labute approximate surface area is 136 Å². The lowest BCUT2D eigenvalue weighted by atomic mass is 9.94. The van der Waals surface area contributed by atoms with Crippen LogP contribution < -0.4 is 4.90 Å². The fourth-order valence-corrected chi connectivity index (χ4v) is 3.46. The van der Waals surface area contributed by atoms with Crippen molar-refractivity contribution in [3.8, 4) is 11.3 Å². The van der Waals surface area contributed by atoms with Crippen LogP contribution in [0.15, 0.2) is 42.7 Å². The van der Waals surface area contributed by atoms with Gasteiger partial charge in [-0.15, -0.1) is 0 Å². The van der Waals surface area contributed by atoms with E-state index in [0.29, 0.717) is 11.8 Å². The van der Waals surface area contributed by atoms with E-state index in [2.05, 4.69) is 45.2 Å². The zero-order chi connectivity index (χ0) is 15.6. The minimum atomic E-state index is 0.571. The fourth-order valence-electron chi connectivity index (χ4n) is 3.46. The molecule has 1 aliphatic carbocycles. The van der Waals surface area contributed by atoms with E-state index in [0.717, 1.165) is 17.1 Å². The maximum absolute atomic E-state index is 4.66. The van der Waals surface area contributed by atoms with Crippen molar-refractivity contribution in [3.63, 3.8) is 0 Å². The van der Waals surface area contributed by atoms with Crippen LogP contribution in [0.2, 0.25) is 0 Å². The van der Waals surface area contributed by atoms with E-state index in [1.165, 1.54) is 32.1 Å². The summed E-state index contributed by atoms with van der Waals surface area (Å²) in [6.07, 6.45) is 8.05. The summed E-state index contributed by atoms with van der Waals surface area (Å²) >= 11 is 0. The highest BCUT2D eigenvalue weighted by Crippen LogP contribution is 2.28. The van der Waals surface area contributed by atoms with Crippen LogP contribution in [0.1, 0.15) is 32.1 Å². The van der Waals surface area contributed by atoms with Gasteiger partial charge < -0.3 is 4.90 Å². The minimum absolute atomic E-state index is 0.571. The van der Waals surface area contributed by atoms with Crippen molar-refractivity contribution >= 4 is 11.6 Å². The molecule has 23 heavy (non-hydrogen) atoms. The van der Waals surface area contributed by atoms with Crippen LogP contribution in [0, 0.1) is 0 Å². The fraction of sp³-hybridized carbons (Fsp3) is 0.389. The number of hydrogen-bond acceptors (Lipinski definition) is 4. The number of anilines is 1. The lowest BCUT2D eigenvalue weighted by molar-refractivity contribution is 0.424. The standard InChI is InChI=1S/C18H21N5/c1-22(15-10-6-3-7-11-15)17-12-16(14-8-4-2-5-9-14)21-18-19-13-20-23(17)18/h2,4-5,8-9,12-13,15H,3,6-7,10-11H2,1H3. The molecule has 1 saturated carbocycles. The molecule has 2 aromatic heterocycles. The molecule has 2 heterocycles. The molecule has 0 bridgehead atoms. The third-order valence-corrected chi connectivity index (χ3v) is 4.79. The summed E-state index contributed by atoms with van der Waals surface area (Å²) in [4.78, 5) is 11.3. The molecule has 1 fully saturated rings. The van der Waals surface area contributed by atoms with Crippen molar-refractivity contribution in [1.29, 1.82) is 0 Å². The number of rotatable bonds is 3. The normalized spacial score (nSPS) is 15.9. The second-order valence-electron chi connectivity index (χ2n) is 6.24. The highest BCUT2D eigenvalue weighted by molar-refractivity contribution is 5.65. The van der Waals surface area contributed by atoms with Crippen molar-refractivity contribution in [3.05, 3.63) is 42.7 Å². The molecule has 0 spiro atoms. The van der Waals surface area contributed by atoms with Gasteiger partial charge in [-0.2, -0.15) is 14.6 Å². The Morgan fingerprint density at radius 2 is 1.87 bits per heavy atom. The van der Waals surface area contributed by atoms with Crippen molar-refractivity contribution in [2.24, 2.45) is 0 Å². The van der Waals surface area contributed by atoms with E-state index in [1.54, 1.807) is 6.33 Å². The second-order valence-corrected chi connectivity index (χ2v) is 6.24. The SMILES string of the molecule is CN(c1cc(-c2ccccc2)nc2ncnn12)C1CCCCC1. The quantitative estimate of drug-likeness (QED) is 0.742. The Hall–Kier alpha value is -2.43. The first kappa shape index (κ1) is 14.2. The largest absolute Gasteiger partial charge is 0.356 e. The lowest BCUT2D eigenvalue weighted by Crippen LogP contribution is -2.34. The summed E-state index contributed by atoms with van der Waals surface area (Å²) in [6.45, 7) is 0. The summed E-state index contributed by atoms with van der Waals surface area (Å²) in [7, 11) is 2.17. The van der Waals surface area contributed by atoms with E-state index in [4.69, 9.17) is 0 Å². The summed E-state index contributed by atoms with van der Waals surface area (Å²) in [6, 6.07) is 13.0. The maximum Gasteiger partial charge on any atom is 0.254 e. The van der Waals surface area contributed by atoms with E-state index < -0.39 is 0 Å². The van der Waals surface area contributed by atoms with Gasteiger partial charge in [-0.3, -0.25) is 0 Å². The van der Waals surface area contributed by atoms with Gasteiger partial charge in [-0.25, -0.2) is 4.98 Å². The number of fused-ring (bicyclic) bond motifs is 1. The molecule has 5 heteroatoms. The topological polar surface area (TPSA) is 46.3 Å². The molecule has 0 aliphatic heterocycles. The molecule has 4 rings (SSSR count). The molecular formula is C18H21N5. The number of hydrogen-bond donors (Lipinski definition) is 0. The zero-order valence-corrected chi connectivity index (χ0v) is 13.4. The van der Waals surface area contributed by atoms with Gasteiger partial charge in [-0.1, -0.05) is 49.6 Å². The van der Waals surface area contributed by atoms with Crippen molar-refractivity contribution in [2.75, 3.05) is 11.9 Å². The van der Waals surface area contributed by atoms with Crippen LogP contribution in [0.3, 0.4) is 0 Å². The van der Waals surface area contributed by atoms with Crippen molar-refractivity contribution < 1.29 is 0 Å². The van der Waals surface area contributed by atoms with Crippen LogP contribution in [-0.2, 0) is 0 Å². The molecule has 118 valence electrons. The van der Waals surface area contributed by atoms with Crippen LogP contribution in [0.4, 0.5) is 5.82 Å². The van der Waals surface area contributed by atoms with Gasteiger partial charge in [-0.05, 0) is 12.8 Å². The Bertz CT molecular complexity index is 790. The van der Waals surface area contributed by atoms with Crippen LogP contribution in [0.5, 0.6) is 0 Å². The monoisotopic (exact) mass is 307 g/mol. The molecule has 3 aromatic rings. The van der Waals surface area contributed by atoms with Gasteiger partial charge in [0.1, 0.15) is 12.1 Å². The zero-order valence-electron chi connectivity index (χ0n) is 13.4. The minimum Gasteiger partial charge on any atom is -0.356 e. The number of aromatic nitrogens is 4. The molecule has 1 aliphatic rings. The molecule has 0 unspecified atom stereocenters. The second kappa shape index (κ2) is 5.99. The predicted octanol–water partition coefficient (Wildman–Crippen LogP) is 3.56. The van der Waals surface area contributed by atoms with Gasteiger partial charge in [0, 0.05) is 24.7 Å². The highest BCUT2D eigenvalue weighted by Gasteiger charge is 2.21. The molecule has 0 radical (unpaired) electrons. The van der Waals surface area contributed by atoms with Crippen LogP contribution in [-0.4, -0.2) is 32.7 Å². The van der Waals surface area contributed by atoms with Gasteiger partial charge in [0.25, 0.3) is 5.78 Å². The molecule has 1 aromatic carbocycles. The summed E-state index contributed by atoms with van der Waals surface area (Å²) in [5.74, 6) is 1.72. The molecule has 0 saturated heterocycles. The number of nitrogens with zero attached hydrogens (tertiary/aromatic N) is 5. The van der Waals surface area contributed by atoms with Crippen molar-refractivity contribution in [2.45, 2.75) is 38.1 Å². The van der Waals surface area contributed by atoms with E-state index >= 15 is 0 Å². The predicted molar refractivity (Wildman–Crippen MR) is 91.5 cm³/mol. The van der Waals surface area contributed by atoms with E-state index in [1.807, 2.05) is 22.7 Å². The third-order valence-electron chi connectivity index (χ3n) is 4.79. The third kappa shape index (κ3) is 2.67. The highest BCUT2D eigenvalue weighted by atomic mass is 15.4. The summed E-state index contributed by atoms with van der Waals surface area (Å²) < 4.78 is 1.85. The molecule has 0 amide bonds. The first-order valence-corrected chi connectivity index (χ1v) is 8.32. The average molecular weight is 307 g/mol. The van der Waals surface area contributed by atoms with Gasteiger partial charge in [0.15, 0.2) is 0 Å². The van der Waals surface area contributed by atoms with Gasteiger partial charge in [0.05, 0.1) is 5.69 Å². The first-order valence-electron chi connectivity index (χ1n) is 8.32. The molecule has 5 nitrogen and oxygen atoms in total. The lowest BCUT2D eigenvalue weighted by Gasteiger charge is -2.32. The summed E-state index contributed by atoms with van der Waals surface area (Å²) in [5.41, 5.74) is 2.06.